The molecular formula is C14H25NO. The second kappa shape index (κ2) is 4.38. The van der Waals surface area contributed by atoms with Gasteiger partial charge in [0, 0.05) is 5.41 Å². The van der Waals surface area contributed by atoms with Crippen molar-refractivity contribution < 1.29 is 4.79 Å². The number of nitrogens with two attached hydrogens (primary N) is 1. The van der Waals surface area contributed by atoms with Crippen LogP contribution in [0.15, 0.2) is 0 Å². The Labute approximate surface area is 99.0 Å². The lowest BCUT2D eigenvalue weighted by Gasteiger charge is -2.47. The minimum atomic E-state index is -0.305. The zero-order chi connectivity index (χ0) is 11.8. The molecule has 3 unspecified atom stereocenters. The summed E-state index contributed by atoms with van der Waals surface area (Å²) in [6.45, 7) is 4.11. The fourth-order valence-electron chi connectivity index (χ4n) is 4.02. The van der Waals surface area contributed by atoms with Crippen molar-refractivity contribution in [2.24, 2.45) is 28.9 Å². The van der Waals surface area contributed by atoms with Crippen LogP contribution in [0.25, 0.3) is 0 Å². The lowest BCUT2D eigenvalue weighted by molar-refractivity contribution is -0.132. The fraction of sp³-hybridized carbons (Fsp3) is 0.929. The van der Waals surface area contributed by atoms with Gasteiger partial charge in [-0.3, -0.25) is 4.79 Å². The van der Waals surface area contributed by atoms with Gasteiger partial charge in [0.1, 0.15) is 0 Å². The molecule has 16 heavy (non-hydrogen) atoms. The Morgan fingerprint density at radius 2 is 1.69 bits per heavy atom. The first-order chi connectivity index (χ1) is 7.53. The molecule has 3 atom stereocenters. The Balaban J connectivity index is 2.16. The summed E-state index contributed by atoms with van der Waals surface area (Å²) in [5, 5.41) is 0. The molecule has 92 valence electrons. The molecule has 1 amide bonds. The number of amides is 1. The number of carbonyl (C=O) groups is 1. The maximum atomic E-state index is 11.6. The summed E-state index contributed by atoms with van der Waals surface area (Å²) in [6.07, 6.45) is 9.34. The van der Waals surface area contributed by atoms with Gasteiger partial charge in [0.25, 0.3) is 0 Å². The predicted octanol–water partition coefficient (Wildman–Crippen LogP) is 3.10. The summed E-state index contributed by atoms with van der Waals surface area (Å²) in [6, 6.07) is 0. The van der Waals surface area contributed by atoms with E-state index in [-0.39, 0.29) is 11.3 Å². The molecule has 2 aliphatic rings. The minimum Gasteiger partial charge on any atom is -0.369 e. The van der Waals surface area contributed by atoms with Crippen LogP contribution in [-0.4, -0.2) is 5.91 Å². The lowest BCUT2D eigenvalue weighted by atomic mass is 9.58. The molecule has 0 aromatic carbocycles. The van der Waals surface area contributed by atoms with Gasteiger partial charge in [0.2, 0.25) is 5.91 Å². The molecule has 0 heterocycles. The lowest BCUT2D eigenvalue weighted by Crippen LogP contribution is -2.45. The molecule has 2 nitrogen and oxygen atoms in total. The van der Waals surface area contributed by atoms with Crippen LogP contribution in [0.1, 0.15) is 58.8 Å². The molecule has 2 aliphatic carbocycles. The van der Waals surface area contributed by atoms with E-state index in [2.05, 4.69) is 13.8 Å². The average Bonchev–Trinajstić information content (AvgIpc) is 2.28. The van der Waals surface area contributed by atoms with Crippen LogP contribution in [0, 0.1) is 23.2 Å². The monoisotopic (exact) mass is 223 g/mol. The third kappa shape index (κ3) is 1.99. The summed E-state index contributed by atoms with van der Waals surface area (Å²) < 4.78 is 0. The topological polar surface area (TPSA) is 43.1 Å². The third-order valence-corrected chi connectivity index (χ3v) is 5.14. The highest BCUT2D eigenvalue weighted by atomic mass is 16.1. The zero-order valence-electron chi connectivity index (χ0n) is 10.7. The van der Waals surface area contributed by atoms with E-state index < -0.39 is 0 Å². The number of rotatable bonds is 2. The molecular weight excluding hydrogens is 198 g/mol. The van der Waals surface area contributed by atoms with E-state index in [0.717, 1.165) is 11.8 Å². The largest absolute Gasteiger partial charge is 0.369 e. The van der Waals surface area contributed by atoms with Gasteiger partial charge in [-0.25, -0.2) is 0 Å². The summed E-state index contributed by atoms with van der Waals surface area (Å²) in [4.78, 5) is 11.6. The molecule has 2 N–H and O–H groups in total. The molecule has 2 rings (SSSR count). The molecule has 0 aromatic heterocycles. The van der Waals surface area contributed by atoms with Gasteiger partial charge >= 0.3 is 0 Å². The van der Waals surface area contributed by atoms with E-state index in [1.807, 2.05) is 0 Å². The van der Waals surface area contributed by atoms with E-state index in [1.54, 1.807) is 0 Å². The van der Waals surface area contributed by atoms with E-state index in [4.69, 9.17) is 5.73 Å². The highest BCUT2D eigenvalue weighted by molar-refractivity contribution is 5.80. The number of hydrogen-bond acceptors (Lipinski definition) is 1. The minimum absolute atomic E-state index is 0.108. The third-order valence-electron chi connectivity index (χ3n) is 5.14. The smallest absolute Gasteiger partial charge is 0.223 e. The van der Waals surface area contributed by atoms with Gasteiger partial charge in [-0.2, -0.15) is 0 Å². The first kappa shape index (κ1) is 11.9. The highest BCUT2D eigenvalue weighted by Gasteiger charge is 2.44. The molecule has 0 bridgehead atoms. The van der Waals surface area contributed by atoms with Crippen molar-refractivity contribution in [2.45, 2.75) is 58.8 Å². The summed E-state index contributed by atoms with van der Waals surface area (Å²) in [7, 11) is 0. The van der Waals surface area contributed by atoms with Crippen LogP contribution in [0.5, 0.6) is 0 Å². The maximum Gasteiger partial charge on any atom is 0.223 e. The van der Waals surface area contributed by atoms with Crippen molar-refractivity contribution in [3.63, 3.8) is 0 Å². The molecule has 0 aliphatic heterocycles. The van der Waals surface area contributed by atoms with E-state index in [0.29, 0.717) is 5.92 Å². The van der Waals surface area contributed by atoms with Crippen molar-refractivity contribution in [1.29, 1.82) is 0 Å². The van der Waals surface area contributed by atoms with Crippen LogP contribution in [-0.2, 0) is 4.79 Å². The average molecular weight is 223 g/mol. The highest BCUT2D eigenvalue weighted by Crippen LogP contribution is 2.50. The number of hydrogen-bond donors (Lipinski definition) is 1. The van der Waals surface area contributed by atoms with E-state index >= 15 is 0 Å². The van der Waals surface area contributed by atoms with Gasteiger partial charge in [-0.1, -0.05) is 46.0 Å². The van der Waals surface area contributed by atoms with Crippen LogP contribution in [0.4, 0.5) is 0 Å². The fourth-order valence-corrected chi connectivity index (χ4v) is 4.02. The van der Waals surface area contributed by atoms with Crippen LogP contribution in [0.2, 0.25) is 0 Å². The maximum absolute atomic E-state index is 11.6. The summed E-state index contributed by atoms with van der Waals surface area (Å²) in [5.41, 5.74) is 5.28. The van der Waals surface area contributed by atoms with Crippen molar-refractivity contribution in [3.05, 3.63) is 0 Å². The molecule has 0 aromatic rings. The predicted molar refractivity (Wildman–Crippen MR) is 65.8 cm³/mol. The van der Waals surface area contributed by atoms with Gasteiger partial charge < -0.3 is 5.73 Å². The van der Waals surface area contributed by atoms with Gasteiger partial charge in [0.05, 0.1) is 0 Å². The van der Waals surface area contributed by atoms with Crippen molar-refractivity contribution >= 4 is 5.91 Å². The van der Waals surface area contributed by atoms with Crippen LogP contribution < -0.4 is 5.73 Å². The molecule has 2 saturated carbocycles. The zero-order valence-corrected chi connectivity index (χ0v) is 10.7. The standard InChI is InChI=1S/C14H25NO/c1-14(2,13(15)16)12-9-5-7-10-6-3-4-8-11(10)12/h10-12H,3-9H2,1-2H3,(H2,15,16). The summed E-state index contributed by atoms with van der Waals surface area (Å²) >= 11 is 0. The van der Waals surface area contributed by atoms with E-state index in [9.17, 15) is 4.79 Å². The number of primary amides is 1. The van der Waals surface area contributed by atoms with Crippen molar-refractivity contribution in [1.82, 2.24) is 0 Å². The normalized spacial score (nSPS) is 35.5. The van der Waals surface area contributed by atoms with Gasteiger partial charge in [-0.15, -0.1) is 0 Å². The summed E-state index contributed by atoms with van der Waals surface area (Å²) in [5.74, 6) is 2.07. The molecule has 0 radical (unpaired) electrons. The molecule has 0 saturated heterocycles. The van der Waals surface area contributed by atoms with Gasteiger partial charge in [0.15, 0.2) is 0 Å². The first-order valence-corrected chi connectivity index (χ1v) is 6.83. The van der Waals surface area contributed by atoms with Crippen LogP contribution >= 0.6 is 0 Å². The van der Waals surface area contributed by atoms with Gasteiger partial charge in [-0.05, 0) is 30.6 Å². The Morgan fingerprint density at radius 1 is 1.06 bits per heavy atom. The Bertz CT molecular complexity index is 270. The quantitative estimate of drug-likeness (QED) is 0.768. The molecule has 2 fully saturated rings. The SMILES string of the molecule is CC(C)(C(N)=O)C1CCCC2CCCCC21. The Hall–Kier alpha value is -0.530. The number of fused-ring (bicyclic) bond motifs is 1. The van der Waals surface area contributed by atoms with Crippen molar-refractivity contribution in [2.75, 3.05) is 0 Å². The second-order valence-electron chi connectivity index (χ2n) is 6.33. The van der Waals surface area contributed by atoms with Crippen molar-refractivity contribution in [3.8, 4) is 0 Å². The molecule has 0 spiro atoms. The molecule has 2 heteroatoms. The Kier molecular flexibility index (Phi) is 3.27. The first-order valence-electron chi connectivity index (χ1n) is 6.83. The van der Waals surface area contributed by atoms with E-state index in [1.165, 1.54) is 44.9 Å². The number of carbonyl (C=O) groups excluding carboxylic acids is 1. The Morgan fingerprint density at radius 3 is 2.38 bits per heavy atom. The second-order valence-corrected chi connectivity index (χ2v) is 6.33. The van der Waals surface area contributed by atoms with Crippen LogP contribution in [0.3, 0.4) is 0 Å².